The van der Waals surface area contributed by atoms with Gasteiger partial charge in [0.05, 0.1) is 11.4 Å². The molecule has 0 radical (unpaired) electrons. The van der Waals surface area contributed by atoms with E-state index in [2.05, 4.69) is 56.5 Å². The molecule has 0 N–H and O–H groups in total. The highest BCUT2D eigenvalue weighted by molar-refractivity contribution is 7.07. The van der Waals surface area contributed by atoms with Crippen LogP contribution in [0.2, 0.25) is 0 Å². The Balaban J connectivity index is 1.69. The molecule has 0 aliphatic rings. The highest BCUT2D eigenvalue weighted by atomic mass is 32.1. The Labute approximate surface area is 179 Å². The second-order valence-electron chi connectivity index (χ2n) is 6.95. The van der Waals surface area contributed by atoms with Gasteiger partial charge in [0.2, 0.25) is 4.80 Å². The standard InChI is InChI=1S/C25H22FN3S/c1-19(21-12-14-23(26)15-13-21)27-28-25-29(17-16-20-8-4-2-5-9-20)24(18-30-25)22-10-6-3-7-11-22/h2-15,18H,16-17H2,1H3/b27-19+,28-25-. The minimum Gasteiger partial charge on any atom is -0.315 e. The lowest BCUT2D eigenvalue weighted by atomic mass is 10.1. The van der Waals surface area contributed by atoms with E-state index in [0.29, 0.717) is 0 Å². The van der Waals surface area contributed by atoms with E-state index in [0.717, 1.165) is 40.3 Å². The van der Waals surface area contributed by atoms with Crippen molar-refractivity contribution in [3.05, 3.63) is 112 Å². The molecule has 0 unspecified atom stereocenters. The maximum Gasteiger partial charge on any atom is 0.211 e. The number of benzene rings is 3. The molecule has 0 atom stereocenters. The van der Waals surface area contributed by atoms with Gasteiger partial charge in [-0.1, -0.05) is 72.8 Å². The van der Waals surface area contributed by atoms with E-state index in [-0.39, 0.29) is 5.82 Å². The van der Waals surface area contributed by atoms with Gasteiger partial charge in [0, 0.05) is 11.9 Å². The fourth-order valence-corrected chi connectivity index (χ4v) is 4.10. The lowest BCUT2D eigenvalue weighted by molar-refractivity contribution is 0.628. The molecule has 0 aliphatic heterocycles. The van der Waals surface area contributed by atoms with Gasteiger partial charge in [0.25, 0.3) is 0 Å². The van der Waals surface area contributed by atoms with Gasteiger partial charge < -0.3 is 4.57 Å². The third-order valence-corrected chi connectivity index (χ3v) is 5.74. The van der Waals surface area contributed by atoms with Crippen molar-refractivity contribution in [1.82, 2.24) is 4.57 Å². The predicted octanol–water partition coefficient (Wildman–Crippen LogP) is 5.92. The van der Waals surface area contributed by atoms with Crippen molar-refractivity contribution in [2.75, 3.05) is 0 Å². The molecule has 0 amide bonds. The Morgan fingerprint density at radius 3 is 2.27 bits per heavy atom. The van der Waals surface area contributed by atoms with Crippen LogP contribution in [-0.2, 0) is 13.0 Å². The van der Waals surface area contributed by atoms with Gasteiger partial charge in [-0.2, -0.15) is 5.10 Å². The molecule has 1 heterocycles. The van der Waals surface area contributed by atoms with Gasteiger partial charge in [-0.3, -0.25) is 0 Å². The summed E-state index contributed by atoms with van der Waals surface area (Å²) in [5.74, 6) is -0.256. The van der Waals surface area contributed by atoms with E-state index in [9.17, 15) is 4.39 Å². The zero-order valence-electron chi connectivity index (χ0n) is 16.7. The third-order valence-electron chi connectivity index (χ3n) is 4.88. The van der Waals surface area contributed by atoms with Crippen LogP contribution in [0.25, 0.3) is 11.3 Å². The number of hydrogen-bond donors (Lipinski definition) is 0. The summed E-state index contributed by atoms with van der Waals surface area (Å²) in [7, 11) is 0. The summed E-state index contributed by atoms with van der Waals surface area (Å²) in [6, 6.07) is 27.1. The van der Waals surface area contributed by atoms with Crippen molar-refractivity contribution in [2.24, 2.45) is 10.2 Å². The molecule has 0 fully saturated rings. The number of rotatable bonds is 6. The highest BCUT2D eigenvalue weighted by Crippen LogP contribution is 2.20. The van der Waals surface area contributed by atoms with Crippen LogP contribution in [0.15, 0.2) is 101 Å². The minimum atomic E-state index is -0.256. The number of aromatic nitrogens is 1. The molecule has 3 aromatic carbocycles. The average molecular weight is 416 g/mol. The van der Waals surface area contributed by atoms with E-state index in [4.69, 9.17) is 0 Å². The first-order valence-corrected chi connectivity index (χ1v) is 10.7. The van der Waals surface area contributed by atoms with Crippen molar-refractivity contribution in [1.29, 1.82) is 0 Å². The van der Waals surface area contributed by atoms with Crippen LogP contribution < -0.4 is 4.80 Å². The first kappa shape index (κ1) is 20.0. The zero-order valence-corrected chi connectivity index (χ0v) is 17.5. The minimum absolute atomic E-state index is 0.256. The van der Waals surface area contributed by atoms with Crippen LogP contribution in [0.5, 0.6) is 0 Å². The van der Waals surface area contributed by atoms with Crippen molar-refractivity contribution in [3.8, 4) is 11.3 Å². The predicted molar refractivity (Wildman–Crippen MR) is 122 cm³/mol. The molecule has 150 valence electrons. The number of aryl methyl sites for hydroxylation is 1. The smallest absolute Gasteiger partial charge is 0.211 e. The molecule has 4 rings (SSSR count). The van der Waals surface area contributed by atoms with Gasteiger partial charge in [-0.15, -0.1) is 16.4 Å². The molecule has 3 nitrogen and oxygen atoms in total. The molecule has 1 aromatic heterocycles. The highest BCUT2D eigenvalue weighted by Gasteiger charge is 2.08. The Bertz CT molecular complexity index is 1190. The Morgan fingerprint density at radius 2 is 1.57 bits per heavy atom. The number of thiazole rings is 1. The maximum atomic E-state index is 13.2. The Hall–Kier alpha value is -3.31. The van der Waals surface area contributed by atoms with Crippen molar-refractivity contribution >= 4 is 17.0 Å². The number of halogens is 1. The second kappa shape index (κ2) is 9.46. The number of hydrogen-bond acceptors (Lipinski definition) is 3. The van der Waals surface area contributed by atoms with Crippen LogP contribution >= 0.6 is 11.3 Å². The molecule has 0 aliphatic carbocycles. The molecule has 0 saturated carbocycles. The van der Waals surface area contributed by atoms with Crippen molar-refractivity contribution < 1.29 is 4.39 Å². The summed E-state index contributed by atoms with van der Waals surface area (Å²) in [6.07, 6.45) is 0.908. The van der Waals surface area contributed by atoms with Gasteiger partial charge >= 0.3 is 0 Å². The first-order valence-electron chi connectivity index (χ1n) is 9.82. The van der Waals surface area contributed by atoms with Crippen LogP contribution in [0.1, 0.15) is 18.1 Å². The SMILES string of the molecule is C/C(=N\N=c1/scc(-c2ccccc2)n1CCc1ccccc1)c1ccc(F)cc1. The molecule has 0 spiro atoms. The largest absolute Gasteiger partial charge is 0.315 e. The van der Waals surface area contributed by atoms with Gasteiger partial charge in [0.15, 0.2) is 0 Å². The number of nitrogens with zero attached hydrogens (tertiary/aromatic N) is 3. The van der Waals surface area contributed by atoms with Crippen LogP contribution in [-0.4, -0.2) is 10.3 Å². The van der Waals surface area contributed by atoms with E-state index in [1.165, 1.54) is 17.7 Å². The quantitative estimate of drug-likeness (QED) is 0.276. The van der Waals surface area contributed by atoms with Crippen LogP contribution in [0, 0.1) is 5.82 Å². The van der Waals surface area contributed by atoms with E-state index < -0.39 is 0 Å². The van der Waals surface area contributed by atoms with Crippen molar-refractivity contribution in [2.45, 2.75) is 19.9 Å². The van der Waals surface area contributed by atoms with E-state index in [1.54, 1.807) is 23.5 Å². The molecule has 30 heavy (non-hydrogen) atoms. The maximum absolute atomic E-state index is 13.2. The summed E-state index contributed by atoms with van der Waals surface area (Å²) in [6.45, 7) is 2.69. The summed E-state index contributed by atoms with van der Waals surface area (Å²) < 4.78 is 15.4. The molecule has 0 saturated heterocycles. The lowest BCUT2D eigenvalue weighted by Crippen LogP contribution is -2.17. The topological polar surface area (TPSA) is 29.6 Å². The fourth-order valence-electron chi connectivity index (χ4n) is 3.22. The van der Waals surface area contributed by atoms with Crippen molar-refractivity contribution in [3.63, 3.8) is 0 Å². The second-order valence-corrected chi connectivity index (χ2v) is 7.79. The lowest BCUT2D eigenvalue weighted by Gasteiger charge is -2.09. The first-order chi connectivity index (χ1) is 14.7. The van der Waals surface area contributed by atoms with Gasteiger partial charge in [0.1, 0.15) is 5.82 Å². The molecule has 0 bridgehead atoms. The Kier molecular flexibility index (Phi) is 6.30. The summed E-state index contributed by atoms with van der Waals surface area (Å²) >= 11 is 1.57. The Morgan fingerprint density at radius 1 is 0.900 bits per heavy atom. The zero-order chi connectivity index (χ0) is 20.8. The van der Waals surface area contributed by atoms with Crippen LogP contribution in [0.4, 0.5) is 4.39 Å². The fraction of sp³-hybridized carbons (Fsp3) is 0.120. The van der Waals surface area contributed by atoms with Gasteiger partial charge in [-0.05, 0) is 42.2 Å². The molecule has 5 heteroatoms. The molecular formula is C25H22FN3S. The van der Waals surface area contributed by atoms with Crippen LogP contribution in [0.3, 0.4) is 0 Å². The summed E-state index contributed by atoms with van der Waals surface area (Å²) in [5, 5.41) is 11.1. The molecular weight excluding hydrogens is 393 g/mol. The summed E-state index contributed by atoms with van der Waals surface area (Å²) in [5.41, 5.74) is 5.18. The average Bonchev–Trinajstić information content (AvgIpc) is 3.20. The normalized spacial score (nSPS) is 12.3. The van der Waals surface area contributed by atoms with Gasteiger partial charge in [-0.25, -0.2) is 4.39 Å². The monoisotopic (exact) mass is 415 g/mol. The summed E-state index contributed by atoms with van der Waals surface area (Å²) in [4.78, 5) is 0.839. The molecule has 4 aromatic rings. The van der Waals surface area contributed by atoms with E-state index in [1.807, 2.05) is 31.2 Å². The third kappa shape index (κ3) is 4.81. The van der Waals surface area contributed by atoms with E-state index >= 15 is 0 Å².